The molecule has 88 valence electrons. The second-order valence-electron chi connectivity index (χ2n) is 4.44. The van der Waals surface area contributed by atoms with Crippen molar-refractivity contribution >= 4 is 11.8 Å². The molecule has 2 aliphatic heterocycles. The predicted molar refractivity (Wildman–Crippen MR) is 59.5 cm³/mol. The summed E-state index contributed by atoms with van der Waals surface area (Å²) in [6.45, 7) is 1.35. The van der Waals surface area contributed by atoms with E-state index in [2.05, 4.69) is 5.32 Å². The largest absolute Gasteiger partial charge is 0.368 e. The van der Waals surface area contributed by atoms with Crippen molar-refractivity contribution < 1.29 is 9.59 Å². The molecule has 1 atom stereocenters. The van der Waals surface area contributed by atoms with Crippen molar-refractivity contribution in [1.29, 1.82) is 0 Å². The van der Waals surface area contributed by atoms with Gasteiger partial charge in [-0.1, -0.05) is 12.2 Å². The molecule has 5 nitrogen and oxygen atoms in total. The van der Waals surface area contributed by atoms with Gasteiger partial charge in [-0.2, -0.15) is 0 Å². The summed E-state index contributed by atoms with van der Waals surface area (Å²) in [7, 11) is 0. The molecule has 0 saturated carbocycles. The number of hydrogen-bond acceptors (Lipinski definition) is 3. The number of nitrogens with one attached hydrogen (secondary N) is 1. The molecule has 3 N–H and O–H groups in total. The van der Waals surface area contributed by atoms with Crippen LogP contribution in [-0.2, 0) is 9.59 Å². The van der Waals surface area contributed by atoms with Gasteiger partial charge in [-0.25, -0.2) is 0 Å². The Kier molecular flexibility index (Phi) is 2.96. The molecular formula is C11H17N3O2. The molecule has 1 saturated heterocycles. The zero-order valence-electron chi connectivity index (χ0n) is 9.24. The number of nitrogens with zero attached hydrogens (tertiary/aromatic N) is 1. The van der Waals surface area contributed by atoms with Gasteiger partial charge in [0.1, 0.15) is 5.54 Å². The Balaban J connectivity index is 2.18. The van der Waals surface area contributed by atoms with Crippen LogP contribution in [0.3, 0.4) is 0 Å². The lowest BCUT2D eigenvalue weighted by Gasteiger charge is -2.31. The van der Waals surface area contributed by atoms with E-state index in [9.17, 15) is 9.59 Å². The minimum atomic E-state index is -0.484. The van der Waals surface area contributed by atoms with E-state index in [1.165, 1.54) is 4.90 Å². The van der Waals surface area contributed by atoms with E-state index in [0.717, 1.165) is 19.4 Å². The summed E-state index contributed by atoms with van der Waals surface area (Å²) in [6.07, 6.45) is 6.49. The molecule has 0 bridgehead atoms. The third-order valence-electron chi connectivity index (χ3n) is 3.25. The molecule has 0 aliphatic carbocycles. The monoisotopic (exact) mass is 223 g/mol. The summed E-state index contributed by atoms with van der Waals surface area (Å²) in [5.41, 5.74) is 4.66. The van der Waals surface area contributed by atoms with Crippen LogP contribution in [0.25, 0.3) is 0 Å². The minimum absolute atomic E-state index is 0.00655. The molecule has 0 aromatic rings. The zero-order chi connectivity index (χ0) is 11.6. The molecule has 1 fully saturated rings. The third-order valence-corrected chi connectivity index (χ3v) is 3.25. The van der Waals surface area contributed by atoms with Crippen LogP contribution in [0.15, 0.2) is 12.2 Å². The second-order valence-corrected chi connectivity index (χ2v) is 4.44. The number of carbonyl (C=O) groups is 2. The van der Waals surface area contributed by atoms with Crippen LogP contribution in [0.2, 0.25) is 0 Å². The fourth-order valence-electron chi connectivity index (χ4n) is 2.45. The third kappa shape index (κ3) is 1.95. The molecule has 0 radical (unpaired) electrons. The lowest BCUT2D eigenvalue weighted by Crippen LogP contribution is -2.55. The minimum Gasteiger partial charge on any atom is -0.368 e. The molecule has 0 aromatic heterocycles. The lowest BCUT2D eigenvalue weighted by molar-refractivity contribution is -0.139. The van der Waals surface area contributed by atoms with Crippen molar-refractivity contribution in [3.8, 4) is 0 Å². The molecule has 1 spiro atoms. The number of rotatable bonds is 2. The van der Waals surface area contributed by atoms with Crippen LogP contribution in [0.4, 0.5) is 0 Å². The Morgan fingerprint density at radius 1 is 1.56 bits per heavy atom. The Labute approximate surface area is 94.7 Å². The van der Waals surface area contributed by atoms with Crippen molar-refractivity contribution in [2.24, 2.45) is 5.73 Å². The van der Waals surface area contributed by atoms with Gasteiger partial charge in [-0.3, -0.25) is 9.59 Å². The number of nitrogens with two attached hydrogens (primary N) is 1. The maximum atomic E-state index is 12.3. The van der Waals surface area contributed by atoms with E-state index in [1.807, 2.05) is 12.2 Å². The molecule has 2 aliphatic rings. The molecule has 2 amide bonds. The van der Waals surface area contributed by atoms with Gasteiger partial charge < -0.3 is 16.0 Å². The predicted octanol–water partition coefficient (Wildman–Crippen LogP) is -0.618. The summed E-state index contributed by atoms with van der Waals surface area (Å²) in [5.74, 6) is -0.453. The maximum absolute atomic E-state index is 12.3. The Morgan fingerprint density at radius 3 is 3.00 bits per heavy atom. The second kappa shape index (κ2) is 4.25. The van der Waals surface area contributed by atoms with E-state index in [1.54, 1.807) is 0 Å². The first kappa shape index (κ1) is 11.1. The normalized spacial score (nSPS) is 29.8. The van der Waals surface area contributed by atoms with E-state index >= 15 is 0 Å². The summed E-state index contributed by atoms with van der Waals surface area (Å²) in [5, 5.41) is 3.27. The van der Waals surface area contributed by atoms with Gasteiger partial charge in [-0.05, 0) is 25.8 Å². The Morgan fingerprint density at radius 2 is 2.38 bits per heavy atom. The molecule has 5 heteroatoms. The smallest absolute Gasteiger partial charge is 0.243 e. The van der Waals surface area contributed by atoms with Crippen LogP contribution < -0.4 is 11.1 Å². The van der Waals surface area contributed by atoms with Crippen LogP contribution in [0.5, 0.6) is 0 Å². The molecule has 2 rings (SSSR count). The quantitative estimate of drug-likeness (QED) is 0.613. The SMILES string of the molecule is NC(=O)CN1CC=CC[C@]2(CCCN2)C1=O. The van der Waals surface area contributed by atoms with Crippen molar-refractivity contribution in [3.05, 3.63) is 12.2 Å². The highest BCUT2D eigenvalue weighted by Gasteiger charge is 2.43. The molecule has 0 unspecified atom stereocenters. The average Bonchev–Trinajstić information content (AvgIpc) is 2.65. The van der Waals surface area contributed by atoms with Gasteiger partial charge in [0.25, 0.3) is 0 Å². The van der Waals surface area contributed by atoms with Gasteiger partial charge in [0.05, 0.1) is 6.54 Å². The Hall–Kier alpha value is -1.36. The van der Waals surface area contributed by atoms with Crippen LogP contribution in [0.1, 0.15) is 19.3 Å². The van der Waals surface area contributed by atoms with E-state index in [4.69, 9.17) is 5.73 Å². The highest BCUT2D eigenvalue weighted by Crippen LogP contribution is 2.27. The van der Waals surface area contributed by atoms with Crippen molar-refractivity contribution in [2.75, 3.05) is 19.6 Å². The molecule has 16 heavy (non-hydrogen) atoms. The van der Waals surface area contributed by atoms with E-state index < -0.39 is 11.4 Å². The maximum Gasteiger partial charge on any atom is 0.243 e. The number of hydrogen-bond donors (Lipinski definition) is 2. The Bertz CT molecular complexity index is 332. The van der Waals surface area contributed by atoms with E-state index in [-0.39, 0.29) is 12.5 Å². The summed E-state index contributed by atoms with van der Waals surface area (Å²) >= 11 is 0. The van der Waals surface area contributed by atoms with Crippen molar-refractivity contribution in [2.45, 2.75) is 24.8 Å². The first-order valence-corrected chi connectivity index (χ1v) is 5.62. The van der Waals surface area contributed by atoms with Crippen molar-refractivity contribution in [1.82, 2.24) is 10.2 Å². The molecular weight excluding hydrogens is 206 g/mol. The fourth-order valence-corrected chi connectivity index (χ4v) is 2.45. The zero-order valence-corrected chi connectivity index (χ0v) is 9.24. The summed E-state index contributed by atoms with van der Waals surface area (Å²) in [4.78, 5) is 24.8. The van der Waals surface area contributed by atoms with Crippen LogP contribution in [-0.4, -0.2) is 41.9 Å². The standard InChI is InChI=1S/C11H17N3O2/c12-9(15)8-14-7-2-1-4-11(10(14)16)5-3-6-13-11/h1-2,13H,3-8H2,(H2,12,15)/t11-/m0/s1. The van der Waals surface area contributed by atoms with Crippen molar-refractivity contribution in [3.63, 3.8) is 0 Å². The van der Waals surface area contributed by atoms with Gasteiger partial charge in [0.2, 0.25) is 11.8 Å². The topological polar surface area (TPSA) is 75.4 Å². The molecule has 2 heterocycles. The first-order valence-electron chi connectivity index (χ1n) is 5.62. The number of primary amides is 1. The van der Waals surface area contributed by atoms with Crippen LogP contribution in [0, 0.1) is 0 Å². The van der Waals surface area contributed by atoms with Gasteiger partial charge in [0, 0.05) is 6.54 Å². The number of amides is 2. The highest BCUT2D eigenvalue weighted by atomic mass is 16.2. The summed E-state index contributed by atoms with van der Waals surface area (Å²) < 4.78 is 0. The van der Waals surface area contributed by atoms with Gasteiger partial charge in [-0.15, -0.1) is 0 Å². The average molecular weight is 223 g/mol. The first-order chi connectivity index (χ1) is 7.64. The summed E-state index contributed by atoms with van der Waals surface area (Å²) in [6, 6.07) is 0. The van der Waals surface area contributed by atoms with Gasteiger partial charge in [0.15, 0.2) is 0 Å². The lowest BCUT2D eigenvalue weighted by atomic mass is 9.92. The number of carbonyl (C=O) groups excluding carboxylic acids is 2. The fraction of sp³-hybridized carbons (Fsp3) is 0.636. The molecule has 0 aromatic carbocycles. The highest BCUT2D eigenvalue weighted by molar-refractivity contribution is 5.90. The van der Waals surface area contributed by atoms with E-state index in [0.29, 0.717) is 13.0 Å². The van der Waals surface area contributed by atoms with Crippen LogP contribution >= 0.6 is 0 Å². The van der Waals surface area contributed by atoms with Gasteiger partial charge >= 0.3 is 0 Å².